The number of aliphatic hydroxyl groups is 1. The molecular weight excluding hydrogens is 230 g/mol. The highest BCUT2D eigenvalue weighted by atomic mass is 16.6. The third kappa shape index (κ3) is 2.94. The van der Waals surface area contributed by atoms with Crippen molar-refractivity contribution in [3.63, 3.8) is 0 Å². The zero-order valence-electron chi connectivity index (χ0n) is 9.47. The lowest BCUT2D eigenvalue weighted by Crippen LogP contribution is -2.10. The van der Waals surface area contributed by atoms with Crippen molar-refractivity contribution in [2.45, 2.75) is 0 Å². The first kappa shape index (κ1) is 13.0. The number of ether oxygens (including phenoxy) is 2. The van der Waals surface area contributed by atoms with Gasteiger partial charge in [0.05, 0.1) is 20.8 Å². The Morgan fingerprint density at radius 1 is 1.47 bits per heavy atom. The Balaban J connectivity index is 3.18. The first-order valence-corrected chi connectivity index (χ1v) is 4.76. The molecule has 0 spiro atoms. The van der Waals surface area contributed by atoms with Gasteiger partial charge in [-0.3, -0.25) is 0 Å². The second kappa shape index (κ2) is 5.85. The topological polar surface area (TPSA) is 107 Å². The standard InChI is InChI=1S/C9H13N3O5/c1-16-6-5-7(17-2)9(12(14)15)11-8(6)10-3-4-13/h5,13H,3-4H2,1-2H3,(H,10,11). The van der Waals surface area contributed by atoms with E-state index in [0.29, 0.717) is 5.75 Å². The van der Waals surface area contributed by atoms with Crippen LogP contribution in [0.4, 0.5) is 11.6 Å². The molecule has 0 saturated carbocycles. The van der Waals surface area contributed by atoms with Crippen LogP contribution in [0.1, 0.15) is 0 Å². The molecule has 17 heavy (non-hydrogen) atoms. The third-order valence-corrected chi connectivity index (χ3v) is 1.95. The molecule has 0 atom stereocenters. The van der Waals surface area contributed by atoms with Crippen LogP contribution < -0.4 is 14.8 Å². The fourth-order valence-electron chi connectivity index (χ4n) is 1.21. The van der Waals surface area contributed by atoms with E-state index in [1.807, 2.05) is 0 Å². The fraction of sp³-hybridized carbons (Fsp3) is 0.444. The summed E-state index contributed by atoms with van der Waals surface area (Å²) in [6.45, 7) is 0.0947. The number of anilines is 1. The molecular formula is C9H13N3O5. The number of nitrogens with zero attached hydrogens (tertiary/aromatic N) is 2. The lowest BCUT2D eigenvalue weighted by molar-refractivity contribution is -0.390. The Morgan fingerprint density at radius 3 is 2.59 bits per heavy atom. The first-order chi connectivity index (χ1) is 8.13. The van der Waals surface area contributed by atoms with Gasteiger partial charge >= 0.3 is 5.82 Å². The number of methoxy groups -OCH3 is 2. The molecule has 1 aromatic heterocycles. The minimum atomic E-state index is -0.650. The number of hydrogen-bond donors (Lipinski definition) is 2. The van der Waals surface area contributed by atoms with Crippen molar-refractivity contribution >= 4 is 11.6 Å². The van der Waals surface area contributed by atoms with Crippen LogP contribution in [0, 0.1) is 10.1 Å². The predicted octanol–water partition coefficient (Wildman–Crippen LogP) is 0.411. The largest absolute Gasteiger partial charge is 0.491 e. The lowest BCUT2D eigenvalue weighted by atomic mass is 10.3. The summed E-state index contributed by atoms with van der Waals surface area (Å²) in [7, 11) is 2.72. The molecule has 8 nitrogen and oxygen atoms in total. The second-order valence-electron chi connectivity index (χ2n) is 2.97. The van der Waals surface area contributed by atoms with Crippen molar-refractivity contribution in [3.8, 4) is 11.5 Å². The molecule has 2 N–H and O–H groups in total. The summed E-state index contributed by atoms with van der Waals surface area (Å²) in [5, 5.41) is 22.1. The van der Waals surface area contributed by atoms with Crippen LogP contribution in [0.2, 0.25) is 0 Å². The van der Waals surface area contributed by atoms with Crippen LogP contribution in [0.5, 0.6) is 11.5 Å². The van der Waals surface area contributed by atoms with E-state index >= 15 is 0 Å². The van der Waals surface area contributed by atoms with Crippen LogP contribution in [0.15, 0.2) is 6.07 Å². The molecule has 0 bridgehead atoms. The van der Waals surface area contributed by atoms with Crippen LogP contribution in [-0.4, -0.2) is 42.4 Å². The van der Waals surface area contributed by atoms with E-state index in [2.05, 4.69) is 10.3 Å². The van der Waals surface area contributed by atoms with Crippen LogP contribution in [0.25, 0.3) is 0 Å². The van der Waals surface area contributed by atoms with E-state index in [1.165, 1.54) is 20.3 Å². The molecule has 0 aliphatic carbocycles. The van der Waals surface area contributed by atoms with Crippen LogP contribution >= 0.6 is 0 Å². The molecule has 0 saturated heterocycles. The molecule has 0 aliphatic heterocycles. The average Bonchev–Trinajstić information content (AvgIpc) is 2.34. The molecule has 1 rings (SSSR count). The summed E-state index contributed by atoms with van der Waals surface area (Å²) in [4.78, 5) is 13.9. The minimum Gasteiger partial charge on any atom is -0.491 e. The third-order valence-electron chi connectivity index (χ3n) is 1.95. The van der Waals surface area contributed by atoms with Gasteiger partial charge in [0.25, 0.3) is 5.82 Å². The molecule has 1 aromatic rings. The van der Waals surface area contributed by atoms with E-state index in [9.17, 15) is 10.1 Å². The van der Waals surface area contributed by atoms with Crippen molar-refractivity contribution in [2.24, 2.45) is 0 Å². The zero-order valence-corrected chi connectivity index (χ0v) is 9.47. The summed E-state index contributed by atoms with van der Waals surface area (Å²) in [5.74, 6) is 0.102. The van der Waals surface area contributed by atoms with Crippen LogP contribution in [-0.2, 0) is 0 Å². The summed E-state index contributed by atoms with van der Waals surface area (Å²) in [5.41, 5.74) is 0. The molecule has 0 amide bonds. The second-order valence-corrected chi connectivity index (χ2v) is 2.97. The van der Waals surface area contributed by atoms with E-state index < -0.39 is 10.7 Å². The van der Waals surface area contributed by atoms with Crippen molar-refractivity contribution in [1.29, 1.82) is 0 Å². The predicted molar refractivity (Wildman–Crippen MR) is 59.6 cm³/mol. The van der Waals surface area contributed by atoms with E-state index in [-0.39, 0.29) is 24.7 Å². The van der Waals surface area contributed by atoms with E-state index in [0.717, 1.165) is 0 Å². The number of hydrogen-bond acceptors (Lipinski definition) is 7. The first-order valence-electron chi connectivity index (χ1n) is 4.76. The highest BCUT2D eigenvalue weighted by Gasteiger charge is 2.23. The Morgan fingerprint density at radius 2 is 2.12 bits per heavy atom. The highest BCUT2D eigenvalue weighted by molar-refractivity contribution is 5.58. The lowest BCUT2D eigenvalue weighted by Gasteiger charge is -2.08. The maximum Gasteiger partial charge on any atom is 0.408 e. The molecule has 8 heteroatoms. The fourth-order valence-corrected chi connectivity index (χ4v) is 1.21. The van der Waals surface area contributed by atoms with Crippen molar-refractivity contribution in [2.75, 3.05) is 32.7 Å². The molecule has 1 heterocycles. The normalized spacial score (nSPS) is 9.82. The Bertz CT molecular complexity index is 410. The van der Waals surface area contributed by atoms with Gasteiger partial charge < -0.3 is 30.0 Å². The number of aromatic nitrogens is 1. The molecule has 0 aromatic carbocycles. The van der Waals surface area contributed by atoms with Crippen molar-refractivity contribution in [3.05, 3.63) is 16.2 Å². The van der Waals surface area contributed by atoms with Gasteiger partial charge in [-0.15, -0.1) is 0 Å². The maximum atomic E-state index is 10.8. The van der Waals surface area contributed by atoms with E-state index in [1.54, 1.807) is 0 Å². The van der Waals surface area contributed by atoms with Gasteiger partial charge in [0, 0.05) is 12.6 Å². The Kier molecular flexibility index (Phi) is 4.46. The smallest absolute Gasteiger partial charge is 0.408 e. The number of nitrogens with one attached hydrogen (secondary N) is 1. The number of aliphatic hydroxyl groups excluding tert-OH is 1. The molecule has 0 fully saturated rings. The zero-order chi connectivity index (χ0) is 12.8. The molecule has 0 aliphatic rings. The summed E-state index contributed by atoms with van der Waals surface area (Å²) in [6, 6.07) is 1.37. The number of nitro groups is 1. The maximum absolute atomic E-state index is 10.8. The Hall–Kier alpha value is -2.09. The molecule has 0 unspecified atom stereocenters. The van der Waals surface area contributed by atoms with Gasteiger partial charge in [0.2, 0.25) is 5.75 Å². The minimum absolute atomic E-state index is 0.0152. The van der Waals surface area contributed by atoms with Gasteiger partial charge in [-0.1, -0.05) is 0 Å². The van der Waals surface area contributed by atoms with Gasteiger partial charge in [0.1, 0.15) is 0 Å². The monoisotopic (exact) mass is 243 g/mol. The summed E-state index contributed by atoms with van der Waals surface area (Å²) >= 11 is 0. The van der Waals surface area contributed by atoms with Crippen molar-refractivity contribution < 1.29 is 19.5 Å². The van der Waals surface area contributed by atoms with Crippen molar-refractivity contribution in [1.82, 2.24) is 4.98 Å². The van der Waals surface area contributed by atoms with Gasteiger partial charge in [-0.25, -0.2) is 0 Å². The average molecular weight is 243 g/mol. The highest BCUT2D eigenvalue weighted by Crippen LogP contribution is 2.33. The quantitative estimate of drug-likeness (QED) is 0.550. The van der Waals surface area contributed by atoms with Gasteiger partial charge in [-0.05, 0) is 9.91 Å². The van der Waals surface area contributed by atoms with E-state index in [4.69, 9.17) is 14.6 Å². The summed E-state index contributed by atoms with van der Waals surface area (Å²) < 4.78 is 9.86. The van der Waals surface area contributed by atoms with Gasteiger partial charge in [0.15, 0.2) is 5.75 Å². The SMILES string of the molecule is COc1cc(OC)c([N+](=O)[O-])nc1NCCO. The van der Waals surface area contributed by atoms with Crippen LogP contribution in [0.3, 0.4) is 0 Å². The number of rotatable bonds is 6. The molecule has 94 valence electrons. The Labute approximate surface area is 97.3 Å². The summed E-state index contributed by atoms with van der Waals surface area (Å²) in [6.07, 6.45) is 0. The molecule has 0 radical (unpaired) electrons. The van der Waals surface area contributed by atoms with Gasteiger partial charge in [-0.2, -0.15) is 0 Å². The number of pyridine rings is 1.